The minimum Gasteiger partial charge on any atom is -0.353 e. The lowest BCUT2D eigenvalue weighted by Crippen LogP contribution is -2.49. The number of aromatic nitrogens is 6. The molecule has 7 nitrogen and oxygen atoms in total. The van der Waals surface area contributed by atoms with E-state index in [-0.39, 0.29) is 0 Å². The van der Waals surface area contributed by atoms with E-state index in [1.54, 1.807) is 6.20 Å². The molecule has 0 N–H and O–H groups in total. The number of anilines is 1. The van der Waals surface area contributed by atoms with Crippen molar-refractivity contribution in [2.75, 3.05) is 18.0 Å². The van der Waals surface area contributed by atoms with Gasteiger partial charge in [0.05, 0.1) is 10.7 Å². The predicted molar refractivity (Wildman–Crippen MR) is 81.1 cm³/mol. The van der Waals surface area contributed by atoms with Crippen LogP contribution in [0.25, 0.3) is 5.65 Å². The number of aryl methyl sites for hydroxylation is 1. The molecule has 0 aromatic carbocycles. The van der Waals surface area contributed by atoms with Gasteiger partial charge in [-0.2, -0.15) is 5.10 Å². The molecule has 0 unspecified atom stereocenters. The normalized spacial score (nSPS) is 15.6. The molecule has 4 heterocycles. The van der Waals surface area contributed by atoms with Gasteiger partial charge in [-0.3, -0.25) is 9.08 Å². The van der Waals surface area contributed by atoms with Crippen LogP contribution in [0.2, 0.25) is 0 Å². The van der Waals surface area contributed by atoms with E-state index in [1.807, 2.05) is 34.6 Å². The zero-order chi connectivity index (χ0) is 14.4. The molecule has 3 aromatic rings. The predicted octanol–water partition coefficient (Wildman–Crippen LogP) is 1.53. The van der Waals surface area contributed by atoms with Crippen LogP contribution < -0.4 is 4.90 Å². The zero-order valence-electron chi connectivity index (χ0n) is 11.5. The molecule has 0 aliphatic carbocycles. The second kappa shape index (κ2) is 4.80. The Bertz CT molecular complexity index is 787. The molecule has 1 saturated heterocycles. The van der Waals surface area contributed by atoms with Crippen molar-refractivity contribution >= 4 is 27.4 Å². The summed E-state index contributed by atoms with van der Waals surface area (Å²) in [7, 11) is 0. The van der Waals surface area contributed by atoms with Crippen molar-refractivity contribution < 1.29 is 0 Å². The van der Waals surface area contributed by atoms with E-state index in [2.05, 4.69) is 41.1 Å². The molecule has 3 aromatic heterocycles. The van der Waals surface area contributed by atoms with E-state index >= 15 is 0 Å². The molecule has 1 aliphatic heterocycles. The smallest absolute Gasteiger partial charge is 0.203 e. The topological polar surface area (TPSA) is 64.1 Å². The Morgan fingerprint density at radius 2 is 2.19 bits per heavy atom. The maximum absolute atomic E-state index is 4.46. The highest BCUT2D eigenvalue weighted by Gasteiger charge is 2.30. The molecule has 8 heteroatoms. The number of rotatable bonds is 3. The lowest BCUT2D eigenvalue weighted by Gasteiger charge is -2.39. The van der Waals surface area contributed by atoms with Crippen molar-refractivity contribution in [2.24, 2.45) is 5.92 Å². The molecule has 0 atom stereocenters. The summed E-state index contributed by atoms with van der Waals surface area (Å²) < 4.78 is 4.96. The monoisotopic (exact) mass is 347 g/mol. The van der Waals surface area contributed by atoms with Gasteiger partial charge in [0.15, 0.2) is 5.82 Å². The van der Waals surface area contributed by atoms with Crippen molar-refractivity contribution in [2.45, 2.75) is 13.5 Å². The summed E-state index contributed by atoms with van der Waals surface area (Å²) in [5.41, 5.74) is 0.829. The van der Waals surface area contributed by atoms with Crippen LogP contribution in [-0.4, -0.2) is 42.5 Å². The van der Waals surface area contributed by atoms with E-state index in [4.69, 9.17) is 0 Å². The SMILES string of the molecule is Cc1nnc2c(N3CC(Cn4cc(Br)cn4)C3)nccn12. The van der Waals surface area contributed by atoms with E-state index in [1.165, 1.54) is 0 Å². The first-order valence-corrected chi connectivity index (χ1v) is 7.59. The van der Waals surface area contributed by atoms with Gasteiger partial charge in [0.1, 0.15) is 5.82 Å². The van der Waals surface area contributed by atoms with Gasteiger partial charge >= 0.3 is 0 Å². The highest BCUT2D eigenvalue weighted by molar-refractivity contribution is 9.10. The van der Waals surface area contributed by atoms with Crippen molar-refractivity contribution in [3.05, 3.63) is 35.1 Å². The molecule has 0 spiro atoms. The average Bonchev–Trinajstić information content (AvgIpc) is 3.01. The highest BCUT2D eigenvalue weighted by atomic mass is 79.9. The Morgan fingerprint density at radius 3 is 2.95 bits per heavy atom. The molecule has 0 radical (unpaired) electrons. The molecular weight excluding hydrogens is 334 g/mol. The average molecular weight is 348 g/mol. The van der Waals surface area contributed by atoms with Crippen molar-refractivity contribution in [1.82, 2.24) is 29.4 Å². The lowest BCUT2D eigenvalue weighted by molar-refractivity contribution is 0.340. The molecule has 21 heavy (non-hydrogen) atoms. The third-order valence-electron chi connectivity index (χ3n) is 3.78. The number of hydrogen-bond donors (Lipinski definition) is 0. The second-order valence-electron chi connectivity index (χ2n) is 5.34. The van der Waals surface area contributed by atoms with Crippen LogP contribution in [0.4, 0.5) is 5.82 Å². The molecule has 1 aliphatic rings. The van der Waals surface area contributed by atoms with E-state index in [0.29, 0.717) is 5.92 Å². The molecule has 1 fully saturated rings. The molecule has 0 amide bonds. The van der Waals surface area contributed by atoms with Gasteiger partial charge in [0, 0.05) is 44.1 Å². The number of nitrogens with zero attached hydrogens (tertiary/aromatic N) is 7. The fraction of sp³-hybridized carbons (Fsp3) is 0.385. The quantitative estimate of drug-likeness (QED) is 0.718. The minimum absolute atomic E-state index is 0.586. The Morgan fingerprint density at radius 1 is 1.33 bits per heavy atom. The van der Waals surface area contributed by atoms with Crippen molar-refractivity contribution in [3.63, 3.8) is 0 Å². The fourth-order valence-electron chi connectivity index (χ4n) is 2.71. The van der Waals surface area contributed by atoms with Crippen LogP contribution >= 0.6 is 15.9 Å². The first-order valence-electron chi connectivity index (χ1n) is 6.80. The van der Waals surface area contributed by atoms with Crippen molar-refractivity contribution in [1.29, 1.82) is 0 Å². The summed E-state index contributed by atoms with van der Waals surface area (Å²) in [6, 6.07) is 0. The second-order valence-corrected chi connectivity index (χ2v) is 6.26. The summed E-state index contributed by atoms with van der Waals surface area (Å²) in [5, 5.41) is 12.6. The Balaban J connectivity index is 1.49. The van der Waals surface area contributed by atoms with Crippen LogP contribution in [0.5, 0.6) is 0 Å². The van der Waals surface area contributed by atoms with E-state index in [0.717, 1.165) is 41.4 Å². The van der Waals surface area contributed by atoms with Gasteiger partial charge in [-0.25, -0.2) is 4.98 Å². The van der Waals surface area contributed by atoms with Gasteiger partial charge in [0.25, 0.3) is 0 Å². The number of halogens is 1. The van der Waals surface area contributed by atoms with Crippen molar-refractivity contribution in [3.8, 4) is 0 Å². The molecule has 0 bridgehead atoms. The van der Waals surface area contributed by atoms with E-state index < -0.39 is 0 Å². The zero-order valence-corrected chi connectivity index (χ0v) is 13.1. The summed E-state index contributed by atoms with van der Waals surface area (Å²) in [6.45, 7) is 4.81. The Labute approximate surface area is 129 Å². The van der Waals surface area contributed by atoms with Gasteiger partial charge in [0.2, 0.25) is 5.65 Å². The van der Waals surface area contributed by atoms with Crippen LogP contribution in [0.15, 0.2) is 29.3 Å². The van der Waals surface area contributed by atoms with Crippen LogP contribution in [0.3, 0.4) is 0 Å². The van der Waals surface area contributed by atoms with Crippen LogP contribution in [0.1, 0.15) is 5.82 Å². The molecule has 0 saturated carbocycles. The maximum atomic E-state index is 4.46. The Hall–Kier alpha value is -1.96. The van der Waals surface area contributed by atoms with Gasteiger partial charge in [-0.1, -0.05) is 0 Å². The van der Waals surface area contributed by atoms with Gasteiger partial charge in [-0.05, 0) is 22.9 Å². The lowest BCUT2D eigenvalue weighted by atomic mass is 10.0. The number of hydrogen-bond acceptors (Lipinski definition) is 5. The van der Waals surface area contributed by atoms with E-state index in [9.17, 15) is 0 Å². The Kier molecular flexibility index (Phi) is 2.91. The maximum Gasteiger partial charge on any atom is 0.203 e. The third kappa shape index (κ3) is 2.19. The largest absolute Gasteiger partial charge is 0.353 e. The highest BCUT2D eigenvalue weighted by Crippen LogP contribution is 2.26. The standard InChI is InChI=1S/C13H14BrN7/c1-9-17-18-13-12(15-2-3-21(9)13)19-5-10(6-19)7-20-8-11(14)4-16-20/h2-4,8,10H,5-7H2,1H3. The first kappa shape index (κ1) is 12.8. The fourth-order valence-corrected chi connectivity index (χ4v) is 3.04. The summed E-state index contributed by atoms with van der Waals surface area (Å²) in [5.74, 6) is 2.38. The van der Waals surface area contributed by atoms with Crippen LogP contribution in [-0.2, 0) is 6.54 Å². The summed E-state index contributed by atoms with van der Waals surface area (Å²) >= 11 is 3.42. The minimum atomic E-state index is 0.586. The summed E-state index contributed by atoms with van der Waals surface area (Å²) in [4.78, 5) is 6.70. The molecule has 108 valence electrons. The number of fused-ring (bicyclic) bond motifs is 1. The third-order valence-corrected chi connectivity index (χ3v) is 4.19. The van der Waals surface area contributed by atoms with Crippen LogP contribution in [0, 0.1) is 12.8 Å². The first-order chi connectivity index (χ1) is 10.2. The van der Waals surface area contributed by atoms with Gasteiger partial charge < -0.3 is 4.90 Å². The molecular formula is C13H14BrN7. The summed E-state index contributed by atoms with van der Waals surface area (Å²) in [6.07, 6.45) is 7.52. The van der Waals surface area contributed by atoms with Gasteiger partial charge in [-0.15, -0.1) is 10.2 Å². The molecule has 4 rings (SSSR count).